The van der Waals surface area contributed by atoms with Crippen molar-refractivity contribution in [3.63, 3.8) is 0 Å². The molecule has 0 radical (unpaired) electrons. The molecule has 1 fully saturated rings. The molecule has 0 saturated carbocycles. The molecule has 1 saturated heterocycles. The van der Waals surface area contributed by atoms with Crippen molar-refractivity contribution in [3.05, 3.63) is 64.3 Å². The number of thiophene rings is 1. The second kappa shape index (κ2) is 9.01. The lowest BCUT2D eigenvalue weighted by molar-refractivity contribution is -0.158. The first-order chi connectivity index (χ1) is 15.0. The molecule has 0 atom stereocenters. The first-order valence-corrected chi connectivity index (χ1v) is 11.1. The zero-order chi connectivity index (χ0) is 21.8. The van der Waals surface area contributed by atoms with Crippen LogP contribution >= 0.6 is 11.3 Å². The molecule has 1 aliphatic rings. The number of hydrogen-bond acceptors (Lipinski definition) is 6. The number of rotatable bonds is 6. The highest BCUT2D eigenvalue weighted by molar-refractivity contribution is 7.12. The van der Waals surface area contributed by atoms with Crippen LogP contribution in [0.1, 0.15) is 35.2 Å². The van der Waals surface area contributed by atoms with Crippen LogP contribution in [0, 0.1) is 11.2 Å². The average Bonchev–Trinajstić information content (AvgIpc) is 3.47. The topological polar surface area (TPSA) is 72.6 Å². The molecular formula is C23H23FN2O4S. The Balaban J connectivity index is 1.51. The van der Waals surface area contributed by atoms with Crippen LogP contribution in [0.2, 0.25) is 0 Å². The fraction of sp³-hybridized carbons (Fsp3) is 0.348. The second-order valence-electron chi connectivity index (χ2n) is 7.63. The summed E-state index contributed by atoms with van der Waals surface area (Å²) in [6.45, 7) is 3.00. The SMILES string of the molecule is CCOC(=O)C1(Cc2cc(-c3ccc(F)cc3)no2)CCN(C(=O)c2cccs2)CC1. The van der Waals surface area contributed by atoms with E-state index in [0.717, 1.165) is 5.56 Å². The summed E-state index contributed by atoms with van der Waals surface area (Å²) >= 11 is 1.41. The molecule has 0 spiro atoms. The van der Waals surface area contributed by atoms with Gasteiger partial charge in [0.15, 0.2) is 0 Å². The molecule has 0 N–H and O–H groups in total. The Morgan fingerprint density at radius 1 is 1.23 bits per heavy atom. The van der Waals surface area contributed by atoms with Crippen LogP contribution in [0.25, 0.3) is 11.3 Å². The maximum atomic E-state index is 13.2. The average molecular weight is 443 g/mol. The molecule has 3 aromatic rings. The van der Waals surface area contributed by atoms with Gasteiger partial charge >= 0.3 is 5.97 Å². The minimum Gasteiger partial charge on any atom is -0.466 e. The summed E-state index contributed by atoms with van der Waals surface area (Å²) in [5.41, 5.74) is 0.541. The number of hydrogen-bond donors (Lipinski definition) is 0. The highest BCUT2D eigenvalue weighted by Gasteiger charge is 2.44. The van der Waals surface area contributed by atoms with Gasteiger partial charge in [-0.2, -0.15) is 0 Å². The van der Waals surface area contributed by atoms with Crippen molar-refractivity contribution in [2.75, 3.05) is 19.7 Å². The molecule has 1 amide bonds. The molecule has 0 unspecified atom stereocenters. The minimum absolute atomic E-state index is 0.00859. The van der Waals surface area contributed by atoms with E-state index in [-0.39, 0.29) is 24.3 Å². The Morgan fingerprint density at radius 2 is 1.97 bits per heavy atom. The van der Waals surface area contributed by atoms with Crippen LogP contribution in [-0.4, -0.2) is 41.6 Å². The van der Waals surface area contributed by atoms with Crippen LogP contribution in [0.4, 0.5) is 4.39 Å². The van der Waals surface area contributed by atoms with E-state index < -0.39 is 5.41 Å². The second-order valence-corrected chi connectivity index (χ2v) is 8.58. The third kappa shape index (κ3) is 4.54. The minimum atomic E-state index is -0.776. The predicted octanol–water partition coefficient (Wildman–Crippen LogP) is 4.57. The van der Waals surface area contributed by atoms with Gasteiger partial charge in [0.25, 0.3) is 5.91 Å². The smallest absolute Gasteiger partial charge is 0.312 e. The first-order valence-electron chi connectivity index (χ1n) is 10.2. The van der Waals surface area contributed by atoms with Gasteiger partial charge in [-0.1, -0.05) is 11.2 Å². The fourth-order valence-corrected chi connectivity index (χ4v) is 4.61. The monoisotopic (exact) mass is 442 g/mol. The molecule has 3 heterocycles. The molecule has 4 rings (SSSR count). The summed E-state index contributed by atoms with van der Waals surface area (Å²) in [4.78, 5) is 28.1. The highest BCUT2D eigenvalue weighted by Crippen LogP contribution is 2.38. The Bertz CT molecular complexity index is 1040. The van der Waals surface area contributed by atoms with E-state index in [2.05, 4.69) is 5.16 Å². The van der Waals surface area contributed by atoms with Crippen molar-refractivity contribution < 1.29 is 23.2 Å². The summed E-state index contributed by atoms with van der Waals surface area (Å²) in [5, 5.41) is 5.96. The Labute approximate surface area is 183 Å². The highest BCUT2D eigenvalue weighted by atomic mass is 32.1. The molecule has 31 heavy (non-hydrogen) atoms. The summed E-state index contributed by atoms with van der Waals surface area (Å²) in [5.74, 6) is -0.0494. The van der Waals surface area contributed by atoms with E-state index in [0.29, 0.717) is 48.7 Å². The van der Waals surface area contributed by atoms with Crippen molar-refractivity contribution in [2.45, 2.75) is 26.2 Å². The third-order valence-corrected chi connectivity index (χ3v) is 6.52. The van der Waals surface area contributed by atoms with Gasteiger partial charge in [0.05, 0.1) is 16.9 Å². The zero-order valence-corrected chi connectivity index (χ0v) is 18.0. The van der Waals surface area contributed by atoms with Crippen LogP contribution in [0.5, 0.6) is 0 Å². The number of amides is 1. The number of ether oxygens (including phenoxy) is 1. The third-order valence-electron chi connectivity index (χ3n) is 5.66. The largest absolute Gasteiger partial charge is 0.466 e. The maximum absolute atomic E-state index is 13.2. The van der Waals surface area contributed by atoms with Gasteiger partial charge in [0.2, 0.25) is 0 Å². The van der Waals surface area contributed by atoms with E-state index >= 15 is 0 Å². The molecule has 162 valence electrons. The van der Waals surface area contributed by atoms with Gasteiger partial charge in [-0.15, -0.1) is 11.3 Å². The molecule has 0 aliphatic carbocycles. The maximum Gasteiger partial charge on any atom is 0.312 e. The van der Waals surface area contributed by atoms with E-state index in [1.165, 1.54) is 23.5 Å². The number of piperidine rings is 1. The van der Waals surface area contributed by atoms with Crippen LogP contribution in [-0.2, 0) is 16.0 Å². The number of benzene rings is 1. The van der Waals surface area contributed by atoms with Gasteiger partial charge in [0, 0.05) is 31.1 Å². The first kappa shape index (κ1) is 21.2. The number of halogens is 1. The van der Waals surface area contributed by atoms with E-state index in [9.17, 15) is 14.0 Å². The Morgan fingerprint density at radius 3 is 2.61 bits per heavy atom. The van der Waals surface area contributed by atoms with Crippen molar-refractivity contribution in [1.29, 1.82) is 0 Å². The van der Waals surface area contributed by atoms with Crippen LogP contribution in [0.3, 0.4) is 0 Å². The van der Waals surface area contributed by atoms with Crippen LogP contribution in [0.15, 0.2) is 52.4 Å². The lowest BCUT2D eigenvalue weighted by Gasteiger charge is -2.39. The van der Waals surface area contributed by atoms with E-state index in [1.807, 2.05) is 17.5 Å². The number of nitrogens with zero attached hydrogens (tertiary/aromatic N) is 2. The molecule has 8 heteroatoms. The van der Waals surface area contributed by atoms with E-state index in [1.54, 1.807) is 30.0 Å². The number of likely N-dealkylation sites (tertiary alicyclic amines) is 1. The summed E-state index contributed by atoms with van der Waals surface area (Å²) < 4.78 is 24.1. The van der Waals surface area contributed by atoms with Crippen molar-refractivity contribution in [2.24, 2.45) is 5.41 Å². The molecular weight excluding hydrogens is 419 g/mol. The van der Waals surface area contributed by atoms with Crippen LogP contribution < -0.4 is 0 Å². The standard InChI is InChI=1S/C23H23FN2O4S/c1-2-29-22(28)23(9-11-26(12-10-23)21(27)20-4-3-13-31-20)15-18-14-19(25-30-18)16-5-7-17(24)8-6-16/h3-8,13-14H,2,9-12,15H2,1H3. The van der Waals surface area contributed by atoms with Gasteiger partial charge < -0.3 is 14.2 Å². The quantitative estimate of drug-likeness (QED) is 0.523. The normalized spacial score (nSPS) is 15.6. The number of carbonyl (C=O) groups is 2. The summed E-state index contributed by atoms with van der Waals surface area (Å²) in [6.07, 6.45) is 1.30. The lowest BCUT2D eigenvalue weighted by Crippen LogP contribution is -2.48. The molecule has 2 aromatic heterocycles. The molecule has 1 aromatic carbocycles. The van der Waals surface area contributed by atoms with Gasteiger partial charge in [-0.3, -0.25) is 9.59 Å². The number of carbonyl (C=O) groups excluding carboxylic acids is 2. The summed E-state index contributed by atoms with van der Waals surface area (Å²) in [6, 6.07) is 11.4. The summed E-state index contributed by atoms with van der Waals surface area (Å²) in [7, 11) is 0. The number of aromatic nitrogens is 1. The molecule has 6 nitrogen and oxygen atoms in total. The van der Waals surface area contributed by atoms with Crippen molar-refractivity contribution >= 4 is 23.2 Å². The van der Waals surface area contributed by atoms with Crippen molar-refractivity contribution in [3.8, 4) is 11.3 Å². The zero-order valence-electron chi connectivity index (χ0n) is 17.2. The van der Waals surface area contributed by atoms with Gasteiger partial charge in [0.1, 0.15) is 17.3 Å². The number of esters is 1. The predicted molar refractivity (Wildman–Crippen MR) is 114 cm³/mol. The van der Waals surface area contributed by atoms with Crippen molar-refractivity contribution in [1.82, 2.24) is 10.1 Å². The Kier molecular flexibility index (Phi) is 6.18. The lowest BCUT2D eigenvalue weighted by atomic mass is 9.75. The van der Waals surface area contributed by atoms with Gasteiger partial charge in [-0.25, -0.2) is 4.39 Å². The molecule has 1 aliphatic heterocycles. The molecule has 0 bridgehead atoms. The Hall–Kier alpha value is -3.00. The fourth-order valence-electron chi connectivity index (χ4n) is 3.92. The van der Waals surface area contributed by atoms with Gasteiger partial charge in [-0.05, 0) is 55.5 Å². The van der Waals surface area contributed by atoms with E-state index in [4.69, 9.17) is 9.26 Å².